The highest BCUT2D eigenvalue weighted by Crippen LogP contribution is 2.29. The van der Waals surface area contributed by atoms with E-state index in [4.69, 9.17) is 5.21 Å². The van der Waals surface area contributed by atoms with Crippen LogP contribution in [0.5, 0.6) is 0 Å². The SMILES string of the molecule is O=S1(=O)CCC(=NO)c2ccsc21. The van der Waals surface area contributed by atoms with Crippen molar-refractivity contribution in [2.24, 2.45) is 5.16 Å². The lowest BCUT2D eigenvalue weighted by Crippen LogP contribution is -2.19. The third kappa shape index (κ3) is 1.26. The second-order valence-corrected chi connectivity index (χ2v) is 5.96. The molecule has 0 bridgehead atoms. The molecule has 0 fully saturated rings. The van der Waals surface area contributed by atoms with Crippen molar-refractivity contribution in [3.8, 4) is 0 Å². The molecule has 70 valence electrons. The second-order valence-electron chi connectivity index (χ2n) is 2.74. The predicted molar refractivity (Wildman–Crippen MR) is 49.3 cm³/mol. The maximum absolute atomic E-state index is 11.5. The van der Waals surface area contributed by atoms with Crippen LogP contribution < -0.4 is 0 Å². The lowest BCUT2D eigenvalue weighted by Gasteiger charge is -2.12. The van der Waals surface area contributed by atoms with Gasteiger partial charge in [0.15, 0.2) is 9.84 Å². The van der Waals surface area contributed by atoms with E-state index in [1.807, 2.05) is 0 Å². The number of fused-ring (bicyclic) bond motifs is 1. The molecule has 0 aromatic carbocycles. The van der Waals surface area contributed by atoms with Crippen molar-refractivity contribution in [2.75, 3.05) is 5.75 Å². The number of hydrogen-bond acceptors (Lipinski definition) is 5. The first-order valence-corrected chi connectivity index (χ1v) is 6.20. The molecule has 13 heavy (non-hydrogen) atoms. The van der Waals surface area contributed by atoms with Crippen molar-refractivity contribution < 1.29 is 13.6 Å². The van der Waals surface area contributed by atoms with E-state index in [0.717, 1.165) is 0 Å². The van der Waals surface area contributed by atoms with Crippen LogP contribution in [0.1, 0.15) is 12.0 Å². The van der Waals surface area contributed by atoms with Crippen molar-refractivity contribution >= 4 is 26.9 Å². The van der Waals surface area contributed by atoms with Crippen molar-refractivity contribution in [1.82, 2.24) is 0 Å². The summed E-state index contributed by atoms with van der Waals surface area (Å²) in [5.74, 6) is 0.0416. The molecule has 2 rings (SSSR count). The highest BCUT2D eigenvalue weighted by atomic mass is 32.2. The van der Waals surface area contributed by atoms with Gasteiger partial charge in [0.2, 0.25) is 0 Å². The molecule has 1 aromatic heterocycles. The minimum Gasteiger partial charge on any atom is -0.411 e. The normalized spacial score (nSPS) is 22.9. The molecular weight excluding hydrogens is 210 g/mol. The molecule has 0 aliphatic carbocycles. The quantitative estimate of drug-likeness (QED) is 0.522. The Balaban J connectivity index is 2.69. The molecule has 1 aliphatic rings. The third-order valence-corrected chi connectivity index (χ3v) is 5.23. The van der Waals surface area contributed by atoms with E-state index in [2.05, 4.69) is 5.16 Å². The van der Waals surface area contributed by atoms with Crippen LogP contribution in [-0.2, 0) is 9.84 Å². The van der Waals surface area contributed by atoms with Gasteiger partial charge in [0, 0.05) is 12.0 Å². The summed E-state index contributed by atoms with van der Waals surface area (Å²) in [4.78, 5) is 0. The van der Waals surface area contributed by atoms with Gasteiger partial charge in [-0.25, -0.2) is 8.42 Å². The van der Waals surface area contributed by atoms with Crippen LogP contribution >= 0.6 is 11.3 Å². The van der Waals surface area contributed by atoms with Crippen LogP contribution in [0.15, 0.2) is 20.8 Å². The largest absolute Gasteiger partial charge is 0.411 e. The van der Waals surface area contributed by atoms with Gasteiger partial charge in [-0.1, -0.05) is 5.16 Å². The molecule has 0 unspecified atom stereocenters. The first kappa shape index (κ1) is 8.71. The van der Waals surface area contributed by atoms with E-state index in [0.29, 0.717) is 21.9 Å². The van der Waals surface area contributed by atoms with Gasteiger partial charge in [-0.3, -0.25) is 0 Å². The molecule has 1 aliphatic heterocycles. The fraction of sp³-hybridized carbons (Fsp3) is 0.286. The van der Waals surface area contributed by atoms with Crippen molar-refractivity contribution in [2.45, 2.75) is 10.6 Å². The van der Waals surface area contributed by atoms with Gasteiger partial charge in [-0.05, 0) is 11.4 Å². The summed E-state index contributed by atoms with van der Waals surface area (Å²) in [7, 11) is -3.12. The number of hydrogen-bond donors (Lipinski definition) is 1. The van der Waals surface area contributed by atoms with Crippen LogP contribution in [0.2, 0.25) is 0 Å². The zero-order valence-electron chi connectivity index (χ0n) is 6.60. The molecule has 6 heteroatoms. The summed E-state index contributed by atoms with van der Waals surface area (Å²) in [6, 6.07) is 1.67. The zero-order chi connectivity index (χ0) is 9.47. The van der Waals surface area contributed by atoms with Crippen LogP contribution in [0.3, 0.4) is 0 Å². The zero-order valence-corrected chi connectivity index (χ0v) is 8.23. The molecule has 0 radical (unpaired) electrons. The molecule has 0 amide bonds. The van der Waals surface area contributed by atoms with E-state index in [9.17, 15) is 8.42 Å². The number of nitrogens with zero attached hydrogens (tertiary/aromatic N) is 1. The van der Waals surface area contributed by atoms with Gasteiger partial charge in [0.1, 0.15) is 4.21 Å². The molecule has 0 spiro atoms. The average molecular weight is 217 g/mol. The van der Waals surface area contributed by atoms with E-state index in [-0.39, 0.29) is 5.75 Å². The van der Waals surface area contributed by atoms with Gasteiger partial charge in [-0.15, -0.1) is 11.3 Å². The predicted octanol–water partition coefficient (Wildman–Crippen LogP) is 1.10. The van der Waals surface area contributed by atoms with Crippen LogP contribution in [0.4, 0.5) is 0 Å². The van der Waals surface area contributed by atoms with Gasteiger partial charge < -0.3 is 5.21 Å². The Morgan fingerprint density at radius 1 is 1.54 bits per heavy atom. The Kier molecular flexibility index (Phi) is 1.88. The summed E-state index contributed by atoms with van der Waals surface area (Å²) >= 11 is 1.17. The van der Waals surface area contributed by atoms with Crippen LogP contribution in [-0.4, -0.2) is 25.1 Å². The molecule has 4 nitrogen and oxygen atoms in total. The molecule has 0 atom stereocenters. The van der Waals surface area contributed by atoms with Crippen molar-refractivity contribution in [3.63, 3.8) is 0 Å². The smallest absolute Gasteiger partial charge is 0.188 e. The van der Waals surface area contributed by atoms with Crippen molar-refractivity contribution in [1.29, 1.82) is 0 Å². The standard InChI is InChI=1S/C7H7NO3S2/c9-8-6-2-4-13(10,11)7-5(6)1-3-12-7/h1,3,9H,2,4H2. The van der Waals surface area contributed by atoms with Gasteiger partial charge in [0.25, 0.3) is 0 Å². The molecule has 2 heterocycles. The topological polar surface area (TPSA) is 66.7 Å². The highest BCUT2D eigenvalue weighted by Gasteiger charge is 2.29. The van der Waals surface area contributed by atoms with E-state index >= 15 is 0 Å². The summed E-state index contributed by atoms with van der Waals surface area (Å²) in [6.45, 7) is 0. The van der Waals surface area contributed by atoms with E-state index < -0.39 is 9.84 Å². The van der Waals surface area contributed by atoms with Crippen molar-refractivity contribution in [3.05, 3.63) is 17.0 Å². The number of rotatable bonds is 0. The minimum absolute atomic E-state index is 0.0416. The summed E-state index contributed by atoms with van der Waals surface area (Å²) < 4.78 is 23.3. The van der Waals surface area contributed by atoms with Gasteiger partial charge >= 0.3 is 0 Å². The number of sulfone groups is 1. The maximum Gasteiger partial charge on any atom is 0.188 e. The summed E-state index contributed by atoms with van der Waals surface area (Å²) in [6.07, 6.45) is 0.294. The molecular formula is C7H7NO3S2. The summed E-state index contributed by atoms with van der Waals surface area (Å²) in [5.41, 5.74) is 1.02. The Morgan fingerprint density at radius 3 is 3.00 bits per heavy atom. The Morgan fingerprint density at radius 2 is 2.31 bits per heavy atom. The first-order valence-electron chi connectivity index (χ1n) is 3.67. The van der Waals surface area contributed by atoms with Crippen LogP contribution in [0, 0.1) is 0 Å². The molecule has 0 saturated carbocycles. The lowest BCUT2D eigenvalue weighted by molar-refractivity contribution is 0.318. The Labute approximate surface area is 79.4 Å². The fourth-order valence-corrected chi connectivity index (χ4v) is 4.12. The van der Waals surface area contributed by atoms with E-state index in [1.165, 1.54) is 11.3 Å². The monoisotopic (exact) mass is 217 g/mol. The van der Waals surface area contributed by atoms with E-state index in [1.54, 1.807) is 11.4 Å². The molecule has 1 N–H and O–H groups in total. The Bertz CT molecular complexity index is 458. The van der Waals surface area contributed by atoms with Gasteiger partial charge in [-0.2, -0.15) is 0 Å². The first-order chi connectivity index (χ1) is 6.15. The number of oxime groups is 1. The lowest BCUT2D eigenvalue weighted by atomic mass is 10.1. The highest BCUT2D eigenvalue weighted by molar-refractivity contribution is 7.93. The average Bonchev–Trinajstić information content (AvgIpc) is 2.54. The Hall–Kier alpha value is -0.880. The number of thiophene rings is 1. The molecule has 0 saturated heterocycles. The molecule has 1 aromatic rings. The maximum atomic E-state index is 11.5. The third-order valence-electron chi connectivity index (χ3n) is 1.95. The van der Waals surface area contributed by atoms with Gasteiger partial charge in [0.05, 0.1) is 11.5 Å². The minimum atomic E-state index is -3.12. The van der Waals surface area contributed by atoms with Crippen LogP contribution in [0.25, 0.3) is 0 Å². The summed E-state index contributed by atoms with van der Waals surface area (Å²) in [5, 5.41) is 13.4. The second kappa shape index (κ2) is 2.81. The fourth-order valence-electron chi connectivity index (χ4n) is 1.31.